The number of likely N-dealkylation sites (tertiary alicyclic amines) is 1. The van der Waals surface area contributed by atoms with Crippen molar-refractivity contribution >= 4 is 16.9 Å². The summed E-state index contributed by atoms with van der Waals surface area (Å²) in [7, 11) is 0. The molecule has 1 aromatic carbocycles. The summed E-state index contributed by atoms with van der Waals surface area (Å²) in [5.41, 5.74) is 7.92. The van der Waals surface area contributed by atoms with Crippen LogP contribution < -0.4 is 10.9 Å². The van der Waals surface area contributed by atoms with Crippen LogP contribution in [0.4, 0.5) is 4.39 Å². The minimum atomic E-state index is -0.310. The van der Waals surface area contributed by atoms with Crippen LogP contribution in [0, 0.1) is 17.7 Å². The Morgan fingerprint density at radius 3 is 2.93 bits per heavy atom. The van der Waals surface area contributed by atoms with Gasteiger partial charge < -0.3 is 14.6 Å². The molecule has 7 nitrogen and oxygen atoms in total. The number of piperidine rings is 1. The number of hydrazine groups is 1. The maximum atomic E-state index is 13.2. The molecule has 0 aliphatic carbocycles. The van der Waals surface area contributed by atoms with Crippen LogP contribution in [0.3, 0.4) is 0 Å². The maximum Gasteiger partial charge on any atom is 0.248 e. The molecule has 2 aliphatic rings. The van der Waals surface area contributed by atoms with Crippen LogP contribution in [0.25, 0.3) is 11.0 Å². The smallest absolute Gasteiger partial charge is 0.248 e. The van der Waals surface area contributed by atoms with Gasteiger partial charge in [0.25, 0.3) is 0 Å². The van der Waals surface area contributed by atoms with Crippen LogP contribution in [0.15, 0.2) is 18.2 Å². The average Bonchev–Trinajstić information content (AvgIpc) is 3.27. The predicted octanol–water partition coefficient (Wildman–Crippen LogP) is 1.57. The highest BCUT2D eigenvalue weighted by Gasteiger charge is 2.33. The van der Waals surface area contributed by atoms with E-state index in [2.05, 4.69) is 27.7 Å². The van der Waals surface area contributed by atoms with Crippen LogP contribution in [0.1, 0.15) is 25.6 Å². The molecular formula is C19H26FN5O2. The summed E-state index contributed by atoms with van der Waals surface area (Å²) >= 11 is 0. The number of aromatic amines is 1. The van der Waals surface area contributed by atoms with Crippen molar-refractivity contribution in [2.75, 3.05) is 26.2 Å². The Hall–Kier alpha value is -2.03. The third-order valence-electron chi connectivity index (χ3n) is 5.66. The summed E-state index contributed by atoms with van der Waals surface area (Å²) < 4.78 is 18.8. The molecule has 4 rings (SSSR count). The van der Waals surface area contributed by atoms with Gasteiger partial charge in [0.05, 0.1) is 11.0 Å². The first-order valence-corrected chi connectivity index (χ1v) is 9.58. The number of fused-ring (bicyclic) bond motifs is 1. The van der Waals surface area contributed by atoms with Gasteiger partial charge in [-0.05, 0) is 42.9 Å². The number of ether oxygens (including phenoxy) is 1. The van der Waals surface area contributed by atoms with E-state index in [9.17, 15) is 9.18 Å². The van der Waals surface area contributed by atoms with E-state index in [0.29, 0.717) is 34.7 Å². The highest BCUT2D eigenvalue weighted by Crippen LogP contribution is 2.26. The lowest BCUT2D eigenvalue weighted by molar-refractivity contribution is -0.138. The quantitative estimate of drug-likeness (QED) is 0.739. The Morgan fingerprint density at radius 2 is 2.19 bits per heavy atom. The van der Waals surface area contributed by atoms with Crippen molar-refractivity contribution in [2.45, 2.75) is 32.4 Å². The topological polar surface area (TPSA) is 82.3 Å². The van der Waals surface area contributed by atoms with Crippen LogP contribution in [0.5, 0.6) is 0 Å². The average molecular weight is 375 g/mol. The standard InChI is InChI=1S/C19H26FN5O2/c1-12-9-21-24-19(12)13-4-6-25(7-5-13)18(26)11-27-10-17-22-15-3-2-14(20)8-16(15)23-17/h2-3,8,12-13,19,21,24H,4-7,9-11H2,1H3,(H,22,23). The zero-order valence-electron chi connectivity index (χ0n) is 15.5. The third kappa shape index (κ3) is 4.12. The Balaban J connectivity index is 1.22. The molecule has 146 valence electrons. The monoisotopic (exact) mass is 375 g/mol. The zero-order chi connectivity index (χ0) is 18.8. The van der Waals surface area contributed by atoms with Crippen molar-refractivity contribution in [2.24, 2.45) is 11.8 Å². The van der Waals surface area contributed by atoms with Crippen molar-refractivity contribution in [3.63, 3.8) is 0 Å². The number of hydrogen-bond acceptors (Lipinski definition) is 5. The van der Waals surface area contributed by atoms with Crippen molar-refractivity contribution in [1.29, 1.82) is 0 Å². The number of aromatic nitrogens is 2. The lowest BCUT2D eigenvalue weighted by Gasteiger charge is -2.35. The molecule has 0 radical (unpaired) electrons. The minimum absolute atomic E-state index is 0.0150. The summed E-state index contributed by atoms with van der Waals surface area (Å²) in [6, 6.07) is 4.89. The van der Waals surface area contributed by atoms with Crippen molar-refractivity contribution < 1.29 is 13.9 Å². The molecule has 1 aromatic heterocycles. The fraction of sp³-hybridized carbons (Fsp3) is 0.579. The minimum Gasteiger partial charge on any atom is -0.364 e. The molecule has 2 unspecified atom stereocenters. The van der Waals surface area contributed by atoms with Gasteiger partial charge in [0.1, 0.15) is 24.9 Å². The van der Waals surface area contributed by atoms with Crippen LogP contribution >= 0.6 is 0 Å². The van der Waals surface area contributed by atoms with Crippen molar-refractivity contribution in [3.05, 3.63) is 29.8 Å². The van der Waals surface area contributed by atoms with Gasteiger partial charge in [-0.2, -0.15) is 0 Å². The van der Waals surface area contributed by atoms with Crippen molar-refractivity contribution in [3.8, 4) is 0 Å². The second kappa shape index (κ2) is 7.92. The number of rotatable bonds is 5. The lowest BCUT2D eigenvalue weighted by Crippen LogP contribution is -2.46. The normalized spacial score (nSPS) is 24.0. The molecule has 0 saturated carbocycles. The van der Waals surface area contributed by atoms with E-state index in [1.165, 1.54) is 12.1 Å². The molecular weight excluding hydrogens is 349 g/mol. The Bertz CT molecular complexity index is 802. The number of carbonyl (C=O) groups excluding carboxylic acids is 1. The second-order valence-corrected chi connectivity index (χ2v) is 7.58. The van der Waals surface area contributed by atoms with Gasteiger partial charge in [-0.3, -0.25) is 15.6 Å². The Morgan fingerprint density at radius 1 is 1.37 bits per heavy atom. The van der Waals surface area contributed by atoms with Gasteiger partial charge in [0, 0.05) is 25.7 Å². The maximum absolute atomic E-state index is 13.2. The number of nitrogens with one attached hydrogen (secondary N) is 3. The number of hydrogen-bond donors (Lipinski definition) is 3. The first-order chi connectivity index (χ1) is 13.1. The van der Waals surface area contributed by atoms with E-state index >= 15 is 0 Å². The predicted molar refractivity (Wildman–Crippen MR) is 99.1 cm³/mol. The SMILES string of the molecule is CC1CNNC1C1CCN(C(=O)COCc2nc3ccc(F)cc3[nH]2)CC1. The van der Waals surface area contributed by atoms with E-state index in [-0.39, 0.29) is 24.9 Å². The van der Waals surface area contributed by atoms with Gasteiger partial charge in [0.2, 0.25) is 5.91 Å². The zero-order valence-corrected chi connectivity index (χ0v) is 15.5. The molecule has 1 amide bonds. The molecule has 0 spiro atoms. The summed E-state index contributed by atoms with van der Waals surface area (Å²) in [5.74, 6) is 1.53. The molecule has 2 atom stereocenters. The first-order valence-electron chi connectivity index (χ1n) is 9.58. The summed E-state index contributed by atoms with van der Waals surface area (Å²) in [5, 5.41) is 0. The fourth-order valence-electron chi connectivity index (χ4n) is 4.13. The number of halogens is 1. The number of H-pyrrole nitrogens is 1. The number of benzene rings is 1. The molecule has 2 aliphatic heterocycles. The van der Waals surface area contributed by atoms with E-state index < -0.39 is 0 Å². The summed E-state index contributed by atoms with van der Waals surface area (Å²) in [6.07, 6.45) is 2.04. The van der Waals surface area contributed by atoms with E-state index in [1.807, 2.05) is 4.90 Å². The van der Waals surface area contributed by atoms with Crippen LogP contribution in [0.2, 0.25) is 0 Å². The van der Waals surface area contributed by atoms with Crippen LogP contribution in [-0.2, 0) is 16.1 Å². The van der Waals surface area contributed by atoms with E-state index in [4.69, 9.17) is 4.74 Å². The number of amides is 1. The van der Waals surface area contributed by atoms with Crippen molar-refractivity contribution in [1.82, 2.24) is 25.7 Å². The molecule has 2 fully saturated rings. The van der Waals surface area contributed by atoms with Gasteiger partial charge in [-0.1, -0.05) is 6.92 Å². The molecule has 2 aromatic rings. The molecule has 2 saturated heterocycles. The van der Waals surface area contributed by atoms with E-state index in [0.717, 1.165) is 32.5 Å². The summed E-state index contributed by atoms with van der Waals surface area (Å²) in [4.78, 5) is 21.6. The number of carbonyl (C=O) groups is 1. The van der Waals surface area contributed by atoms with Gasteiger partial charge in [-0.25, -0.2) is 9.37 Å². The highest BCUT2D eigenvalue weighted by molar-refractivity contribution is 5.77. The molecule has 0 bridgehead atoms. The van der Waals surface area contributed by atoms with Gasteiger partial charge in [-0.15, -0.1) is 0 Å². The second-order valence-electron chi connectivity index (χ2n) is 7.58. The Labute approximate surface area is 157 Å². The molecule has 27 heavy (non-hydrogen) atoms. The molecule has 3 N–H and O–H groups in total. The Kier molecular flexibility index (Phi) is 5.38. The fourth-order valence-corrected chi connectivity index (χ4v) is 4.13. The van der Waals surface area contributed by atoms with Crippen LogP contribution in [-0.4, -0.2) is 53.1 Å². The summed E-state index contributed by atoms with van der Waals surface area (Å²) in [6.45, 7) is 5.06. The highest BCUT2D eigenvalue weighted by atomic mass is 19.1. The molecule has 3 heterocycles. The largest absolute Gasteiger partial charge is 0.364 e. The lowest BCUT2D eigenvalue weighted by atomic mass is 9.84. The van der Waals surface area contributed by atoms with Gasteiger partial charge >= 0.3 is 0 Å². The number of nitrogens with zero attached hydrogens (tertiary/aromatic N) is 2. The first kappa shape index (κ1) is 18.3. The molecule has 8 heteroatoms. The number of imidazole rings is 1. The van der Waals surface area contributed by atoms with Gasteiger partial charge in [0.15, 0.2) is 0 Å². The van der Waals surface area contributed by atoms with E-state index in [1.54, 1.807) is 6.07 Å². The third-order valence-corrected chi connectivity index (χ3v) is 5.66.